The van der Waals surface area contributed by atoms with Crippen molar-refractivity contribution in [3.8, 4) is 5.75 Å². The standard InChI is InChI=1S/C20H20N4OS/c1-23-12-10-14(13-23)19-18(17-5-3-4-11-21-17)22-20(26)24(19)15-6-8-16(25-2)9-7-15/h3-13,18-19H,1-2H3,(H,22,26)/t18-,19-/m1/s1. The van der Waals surface area contributed by atoms with Gasteiger partial charge in [0.05, 0.1) is 24.9 Å². The SMILES string of the molecule is COc1ccc(N2C(=S)N[C@H](c3ccccn3)[C@H]2c2ccn(C)c2)cc1. The minimum atomic E-state index is -0.0202. The molecule has 2 aromatic heterocycles. The first-order valence-corrected chi connectivity index (χ1v) is 8.85. The van der Waals surface area contributed by atoms with E-state index < -0.39 is 0 Å². The van der Waals surface area contributed by atoms with Crippen molar-refractivity contribution < 1.29 is 4.74 Å². The van der Waals surface area contributed by atoms with E-state index in [-0.39, 0.29) is 12.1 Å². The summed E-state index contributed by atoms with van der Waals surface area (Å²) >= 11 is 5.69. The summed E-state index contributed by atoms with van der Waals surface area (Å²) in [6.45, 7) is 0. The predicted molar refractivity (Wildman–Crippen MR) is 106 cm³/mol. The lowest BCUT2D eigenvalue weighted by molar-refractivity contribution is 0.415. The van der Waals surface area contributed by atoms with Crippen LogP contribution in [0.5, 0.6) is 5.75 Å². The number of methoxy groups -OCH3 is 1. The van der Waals surface area contributed by atoms with Gasteiger partial charge in [-0.15, -0.1) is 0 Å². The van der Waals surface area contributed by atoms with Crippen LogP contribution >= 0.6 is 12.2 Å². The average molecular weight is 364 g/mol. The highest BCUT2D eigenvalue weighted by atomic mass is 32.1. The van der Waals surface area contributed by atoms with Gasteiger partial charge in [-0.1, -0.05) is 6.07 Å². The molecule has 1 aliphatic rings. The van der Waals surface area contributed by atoms with Crippen molar-refractivity contribution in [2.24, 2.45) is 7.05 Å². The first-order valence-electron chi connectivity index (χ1n) is 8.44. The monoisotopic (exact) mass is 364 g/mol. The average Bonchev–Trinajstić information content (AvgIpc) is 3.25. The molecule has 0 bridgehead atoms. The van der Waals surface area contributed by atoms with Gasteiger partial charge in [-0.3, -0.25) is 4.98 Å². The molecular formula is C20H20N4OS. The van der Waals surface area contributed by atoms with E-state index in [2.05, 4.69) is 38.2 Å². The third kappa shape index (κ3) is 2.93. The molecule has 3 heterocycles. The van der Waals surface area contributed by atoms with Gasteiger partial charge < -0.3 is 19.5 Å². The number of aryl methyl sites for hydroxylation is 1. The van der Waals surface area contributed by atoms with Crippen LogP contribution in [0, 0.1) is 0 Å². The van der Waals surface area contributed by atoms with Crippen molar-refractivity contribution in [1.29, 1.82) is 0 Å². The van der Waals surface area contributed by atoms with Crippen LogP contribution in [0.1, 0.15) is 23.3 Å². The Morgan fingerprint density at radius 2 is 1.92 bits per heavy atom. The third-order valence-corrected chi connectivity index (χ3v) is 4.96. The summed E-state index contributed by atoms with van der Waals surface area (Å²) in [6, 6.07) is 16.1. The molecule has 1 aromatic carbocycles. The second-order valence-electron chi connectivity index (χ2n) is 6.30. The van der Waals surface area contributed by atoms with Crippen LogP contribution in [0.3, 0.4) is 0 Å². The Balaban J connectivity index is 1.79. The molecule has 0 saturated carbocycles. The maximum Gasteiger partial charge on any atom is 0.174 e. The van der Waals surface area contributed by atoms with E-state index in [4.69, 9.17) is 17.0 Å². The predicted octanol–water partition coefficient (Wildman–Crippen LogP) is 3.61. The second kappa shape index (κ2) is 6.80. The molecule has 0 amide bonds. The molecule has 0 spiro atoms. The molecule has 1 aliphatic heterocycles. The Kier molecular flexibility index (Phi) is 4.34. The number of nitrogens with one attached hydrogen (secondary N) is 1. The zero-order valence-electron chi connectivity index (χ0n) is 14.7. The highest BCUT2D eigenvalue weighted by molar-refractivity contribution is 7.80. The number of rotatable bonds is 4. The molecule has 0 radical (unpaired) electrons. The fourth-order valence-electron chi connectivity index (χ4n) is 3.41. The van der Waals surface area contributed by atoms with Crippen molar-refractivity contribution in [3.63, 3.8) is 0 Å². The first-order chi connectivity index (χ1) is 12.7. The molecule has 0 aliphatic carbocycles. The summed E-state index contributed by atoms with van der Waals surface area (Å²) in [4.78, 5) is 6.71. The van der Waals surface area contributed by atoms with E-state index in [0.717, 1.165) is 17.1 Å². The lowest BCUT2D eigenvalue weighted by Crippen LogP contribution is -2.29. The maximum absolute atomic E-state index is 5.69. The topological polar surface area (TPSA) is 42.3 Å². The molecule has 26 heavy (non-hydrogen) atoms. The quantitative estimate of drug-likeness (QED) is 0.717. The first kappa shape index (κ1) is 16.6. The zero-order chi connectivity index (χ0) is 18.1. The van der Waals surface area contributed by atoms with Gasteiger partial charge in [0, 0.05) is 31.3 Å². The molecule has 1 fully saturated rings. The summed E-state index contributed by atoms with van der Waals surface area (Å²) in [5, 5.41) is 4.15. The van der Waals surface area contributed by atoms with Gasteiger partial charge in [0.15, 0.2) is 5.11 Å². The van der Waals surface area contributed by atoms with Gasteiger partial charge in [0.1, 0.15) is 5.75 Å². The smallest absolute Gasteiger partial charge is 0.174 e. The number of ether oxygens (including phenoxy) is 1. The Bertz CT molecular complexity index is 907. The summed E-state index contributed by atoms with van der Waals surface area (Å²) in [7, 11) is 3.69. The Morgan fingerprint density at radius 1 is 1.12 bits per heavy atom. The minimum absolute atomic E-state index is 0.0202. The van der Waals surface area contributed by atoms with Crippen molar-refractivity contribution in [3.05, 3.63) is 78.4 Å². The molecule has 2 atom stereocenters. The summed E-state index contributed by atoms with van der Waals surface area (Å²) in [5.74, 6) is 0.823. The van der Waals surface area contributed by atoms with Crippen LogP contribution in [0.15, 0.2) is 67.1 Å². The normalized spacial score (nSPS) is 19.5. The Labute approximate surface area is 158 Å². The van der Waals surface area contributed by atoms with Crippen molar-refractivity contribution in [2.75, 3.05) is 12.0 Å². The van der Waals surface area contributed by atoms with Gasteiger partial charge in [0.2, 0.25) is 0 Å². The van der Waals surface area contributed by atoms with Crippen LogP contribution < -0.4 is 15.0 Å². The maximum atomic E-state index is 5.69. The van der Waals surface area contributed by atoms with E-state index >= 15 is 0 Å². The van der Waals surface area contributed by atoms with Gasteiger partial charge in [0.25, 0.3) is 0 Å². The number of benzene rings is 1. The van der Waals surface area contributed by atoms with Crippen LogP contribution in [0.25, 0.3) is 0 Å². The van der Waals surface area contributed by atoms with E-state index in [9.17, 15) is 0 Å². The second-order valence-corrected chi connectivity index (χ2v) is 6.69. The number of hydrogen-bond acceptors (Lipinski definition) is 3. The van der Waals surface area contributed by atoms with E-state index in [1.54, 1.807) is 7.11 Å². The number of aromatic nitrogens is 2. The highest BCUT2D eigenvalue weighted by Crippen LogP contribution is 2.41. The molecule has 1 saturated heterocycles. The molecule has 4 rings (SSSR count). The summed E-state index contributed by atoms with van der Waals surface area (Å²) < 4.78 is 7.34. The minimum Gasteiger partial charge on any atom is -0.497 e. The van der Waals surface area contributed by atoms with Gasteiger partial charge in [-0.2, -0.15) is 0 Å². The van der Waals surface area contributed by atoms with Crippen LogP contribution in [-0.4, -0.2) is 21.8 Å². The van der Waals surface area contributed by atoms with Gasteiger partial charge in [-0.25, -0.2) is 0 Å². The van der Waals surface area contributed by atoms with Crippen LogP contribution in [0.2, 0.25) is 0 Å². The Hall–Kier alpha value is -2.86. The Morgan fingerprint density at radius 3 is 2.54 bits per heavy atom. The van der Waals surface area contributed by atoms with E-state index in [1.807, 2.05) is 55.7 Å². The third-order valence-electron chi connectivity index (χ3n) is 4.65. The summed E-state index contributed by atoms with van der Waals surface area (Å²) in [6.07, 6.45) is 6.00. The fraction of sp³-hybridized carbons (Fsp3) is 0.200. The van der Waals surface area contributed by atoms with Crippen molar-refractivity contribution >= 4 is 23.0 Å². The molecule has 0 unspecified atom stereocenters. The van der Waals surface area contributed by atoms with Gasteiger partial charge in [-0.05, 0) is 60.2 Å². The number of anilines is 1. The zero-order valence-corrected chi connectivity index (χ0v) is 15.5. The largest absolute Gasteiger partial charge is 0.497 e. The number of nitrogens with zero attached hydrogens (tertiary/aromatic N) is 3. The molecule has 6 heteroatoms. The lowest BCUT2D eigenvalue weighted by atomic mass is 9.98. The van der Waals surface area contributed by atoms with Crippen LogP contribution in [0.4, 0.5) is 5.69 Å². The molecular weight excluding hydrogens is 344 g/mol. The van der Waals surface area contributed by atoms with Crippen LogP contribution in [-0.2, 0) is 7.05 Å². The van der Waals surface area contributed by atoms with E-state index in [0.29, 0.717) is 5.11 Å². The fourth-order valence-corrected chi connectivity index (χ4v) is 3.76. The number of pyridine rings is 1. The molecule has 5 nitrogen and oxygen atoms in total. The van der Waals surface area contributed by atoms with Crippen molar-refractivity contribution in [1.82, 2.24) is 14.9 Å². The molecule has 132 valence electrons. The molecule has 3 aromatic rings. The number of thiocarbonyl (C=S) groups is 1. The number of hydrogen-bond donors (Lipinski definition) is 1. The van der Waals surface area contributed by atoms with Crippen molar-refractivity contribution in [2.45, 2.75) is 12.1 Å². The lowest BCUT2D eigenvalue weighted by Gasteiger charge is -2.27. The van der Waals surface area contributed by atoms with E-state index in [1.165, 1.54) is 5.56 Å². The summed E-state index contributed by atoms with van der Waals surface area (Å²) in [5.41, 5.74) is 3.18. The van der Waals surface area contributed by atoms with Gasteiger partial charge >= 0.3 is 0 Å². The highest BCUT2D eigenvalue weighted by Gasteiger charge is 2.40. The molecule has 1 N–H and O–H groups in total.